The van der Waals surface area contributed by atoms with Crippen LogP contribution < -0.4 is 4.74 Å². The average molecular weight is 375 g/mol. The number of aryl methyl sites for hydroxylation is 1. The summed E-state index contributed by atoms with van der Waals surface area (Å²) < 4.78 is 16.7. The first-order chi connectivity index (χ1) is 13.7. The van der Waals surface area contributed by atoms with Crippen molar-refractivity contribution in [2.45, 2.75) is 20.0 Å². The molecular formula is C23H21NO4. The van der Waals surface area contributed by atoms with Crippen molar-refractivity contribution in [3.63, 3.8) is 0 Å². The molecule has 0 saturated carbocycles. The monoisotopic (exact) mass is 375 g/mol. The maximum absolute atomic E-state index is 13.4. The predicted octanol–water partition coefficient (Wildman–Crippen LogP) is 5.19. The van der Waals surface area contributed by atoms with E-state index < -0.39 is 0 Å². The first kappa shape index (κ1) is 17.9. The molecule has 2 aromatic carbocycles. The highest BCUT2D eigenvalue weighted by Crippen LogP contribution is 2.30. The zero-order valence-corrected chi connectivity index (χ0v) is 15.8. The zero-order valence-electron chi connectivity index (χ0n) is 15.8. The van der Waals surface area contributed by atoms with Gasteiger partial charge in [0.2, 0.25) is 0 Å². The van der Waals surface area contributed by atoms with Crippen LogP contribution in [0.25, 0.3) is 11.0 Å². The number of benzene rings is 2. The minimum atomic E-state index is -0.173. The van der Waals surface area contributed by atoms with Gasteiger partial charge in [-0.15, -0.1) is 0 Å². The molecule has 0 radical (unpaired) electrons. The highest BCUT2D eigenvalue weighted by molar-refractivity contribution is 5.99. The van der Waals surface area contributed by atoms with Gasteiger partial charge in [-0.25, -0.2) is 0 Å². The molecule has 4 aromatic rings. The van der Waals surface area contributed by atoms with Crippen LogP contribution in [0.5, 0.6) is 5.75 Å². The minimum absolute atomic E-state index is 0.173. The number of hydrogen-bond acceptors (Lipinski definition) is 4. The highest BCUT2D eigenvalue weighted by Gasteiger charge is 2.24. The lowest BCUT2D eigenvalue weighted by molar-refractivity contribution is 0.0686. The summed E-state index contributed by atoms with van der Waals surface area (Å²) in [6.45, 7) is 2.72. The van der Waals surface area contributed by atoms with Gasteiger partial charge in [0.05, 0.1) is 19.9 Å². The van der Waals surface area contributed by atoms with E-state index >= 15 is 0 Å². The fourth-order valence-electron chi connectivity index (χ4n) is 3.27. The molecule has 0 bridgehead atoms. The van der Waals surface area contributed by atoms with Gasteiger partial charge in [0.15, 0.2) is 5.76 Å². The van der Waals surface area contributed by atoms with Gasteiger partial charge >= 0.3 is 0 Å². The number of methoxy groups -OCH3 is 1. The Labute approximate surface area is 163 Å². The second kappa shape index (κ2) is 7.64. The van der Waals surface area contributed by atoms with Gasteiger partial charge in [-0.3, -0.25) is 4.79 Å². The number of amides is 1. The zero-order chi connectivity index (χ0) is 19.5. The molecule has 0 aliphatic carbocycles. The summed E-state index contributed by atoms with van der Waals surface area (Å²) in [7, 11) is 1.62. The predicted molar refractivity (Wildman–Crippen MR) is 106 cm³/mol. The maximum Gasteiger partial charge on any atom is 0.290 e. The third-order valence-corrected chi connectivity index (χ3v) is 4.77. The van der Waals surface area contributed by atoms with Crippen molar-refractivity contribution >= 4 is 16.9 Å². The molecule has 2 aromatic heterocycles. The summed E-state index contributed by atoms with van der Waals surface area (Å²) in [4.78, 5) is 15.1. The standard InChI is InChI=1S/C23H21NO4/c1-16-20-13-18(26-2)10-11-21(20)28-22(16)23(25)24(15-19-9-6-12-27-19)14-17-7-4-3-5-8-17/h3-13H,14-15H2,1-2H3. The van der Waals surface area contributed by atoms with Crippen molar-refractivity contribution in [1.29, 1.82) is 0 Å². The highest BCUT2D eigenvalue weighted by atomic mass is 16.5. The molecule has 0 aliphatic heterocycles. The molecule has 1 amide bonds. The summed E-state index contributed by atoms with van der Waals surface area (Å²) in [6, 6.07) is 19.1. The smallest absolute Gasteiger partial charge is 0.290 e. The van der Waals surface area contributed by atoms with Crippen LogP contribution in [0.15, 0.2) is 75.8 Å². The second-order valence-electron chi connectivity index (χ2n) is 6.64. The van der Waals surface area contributed by atoms with Gasteiger partial charge in [0.25, 0.3) is 5.91 Å². The van der Waals surface area contributed by atoms with E-state index in [1.165, 1.54) is 0 Å². The molecule has 0 aliphatic rings. The summed E-state index contributed by atoms with van der Waals surface area (Å²) in [6.07, 6.45) is 1.61. The number of furan rings is 2. The van der Waals surface area contributed by atoms with Crippen LogP contribution in [-0.2, 0) is 13.1 Å². The van der Waals surface area contributed by atoms with Crippen molar-refractivity contribution in [2.75, 3.05) is 7.11 Å². The van der Waals surface area contributed by atoms with Crippen LogP contribution in [0, 0.1) is 6.92 Å². The van der Waals surface area contributed by atoms with Crippen LogP contribution in [0.3, 0.4) is 0 Å². The fraction of sp³-hybridized carbons (Fsp3) is 0.174. The summed E-state index contributed by atoms with van der Waals surface area (Å²) in [5.41, 5.74) is 2.51. The van der Waals surface area contributed by atoms with Crippen molar-refractivity contribution < 1.29 is 18.4 Å². The Kier molecular flexibility index (Phi) is 4.89. The number of carbonyl (C=O) groups is 1. The molecule has 0 saturated heterocycles. The molecule has 0 unspecified atom stereocenters. The number of nitrogens with zero attached hydrogens (tertiary/aromatic N) is 1. The van der Waals surface area contributed by atoms with E-state index in [0.717, 1.165) is 28.0 Å². The lowest BCUT2D eigenvalue weighted by Gasteiger charge is -2.21. The van der Waals surface area contributed by atoms with Crippen LogP contribution in [0.2, 0.25) is 0 Å². The first-order valence-electron chi connectivity index (χ1n) is 9.08. The number of ether oxygens (including phenoxy) is 1. The second-order valence-corrected chi connectivity index (χ2v) is 6.64. The normalized spacial score (nSPS) is 10.9. The lowest BCUT2D eigenvalue weighted by atomic mass is 10.1. The van der Waals surface area contributed by atoms with E-state index in [-0.39, 0.29) is 5.91 Å². The minimum Gasteiger partial charge on any atom is -0.497 e. The number of rotatable bonds is 6. The van der Waals surface area contributed by atoms with E-state index in [1.807, 2.05) is 67.6 Å². The molecule has 4 rings (SSSR count). The van der Waals surface area contributed by atoms with Crippen molar-refractivity contribution in [3.8, 4) is 5.75 Å². The Morgan fingerprint density at radius 2 is 1.86 bits per heavy atom. The van der Waals surface area contributed by atoms with Crippen LogP contribution in [0.4, 0.5) is 0 Å². The molecule has 0 fully saturated rings. The van der Waals surface area contributed by atoms with Crippen LogP contribution in [-0.4, -0.2) is 17.9 Å². The third kappa shape index (κ3) is 3.51. The third-order valence-electron chi connectivity index (χ3n) is 4.77. The van der Waals surface area contributed by atoms with Crippen molar-refractivity contribution in [1.82, 2.24) is 4.90 Å². The molecule has 142 valence electrons. The topological polar surface area (TPSA) is 55.8 Å². The lowest BCUT2D eigenvalue weighted by Crippen LogP contribution is -2.30. The van der Waals surface area contributed by atoms with Gasteiger partial charge in [-0.05, 0) is 42.8 Å². The summed E-state index contributed by atoms with van der Waals surface area (Å²) in [5.74, 6) is 1.62. The Balaban J connectivity index is 1.70. The largest absolute Gasteiger partial charge is 0.497 e. The Morgan fingerprint density at radius 3 is 2.57 bits per heavy atom. The van der Waals surface area contributed by atoms with Gasteiger partial charge in [0, 0.05) is 17.5 Å². The molecule has 5 heteroatoms. The average Bonchev–Trinajstić information content (AvgIpc) is 3.35. The van der Waals surface area contributed by atoms with Crippen LogP contribution >= 0.6 is 0 Å². The Morgan fingerprint density at radius 1 is 1.04 bits per heavy atom. The molecule has 28 heavy (non-hydrogen) atoms. The van der Waals surface area contributed by atoms with E-state index in [4.69, 9.17) is 13.6 Å². The Hall–Kier alpha value is -3.47. The molecule has 0 spiro atoms. The molecule has 2 heterocycles. The quantitative estimate of drug-likeness (QED) is 0.466. The molecule has 0 atom stereocenters. The maximum atomic E-state index is 13.4. The van der Waals surface area contributed by atoms with Gasteiger partial charge in [0.1, 0.15) is 17.1 Å². The summed E-state index contributed by atoms with van der Waals surface area (Å²) in [5, 5.41) is 0.875. The van der Waals surface area contributed by atoms with Gasteiger partial charge < -0.3 is 18.5 Å². The van der Waals surface area contributed by atoms with E-state index in [2.05, 4.69) is 0 Å². The van der Waals surface area contributed by atoms with Crippen molar-refractivity contribution in [3.05, 3.63) is 89.6 Å². The fourth-order valence-corrected chi connectivity index (χ4v) is 3.27. The number of carbonyl (C=O) groups excluding carboxylic acids is 1. The van der Waals surface area contributed by atoms with Gasteiger partial charge in [-0.2, -0.15) is 0 Å². The van der Waals surface area contributed by atoms with E-state index in [0.29, 0.717) is 24.4 Å². The molecule has 0 N–H and O–H groups in total. The van der Waals surface area contributed by atoms with Gasteiger partial charge in [-0.1, -0.05) is 30.3 Å². The van der Waals surface area contributed by atoms with Crippen LogP contribution in [0.1, 0.15) is 27.4 Å². The Bertz CT molecular complexity index is 1080. The molecular weight excluding hydrogens is 354 g/mol. The summed E-state index contributed by atoms with van der Waals surface area (Å²) >= 11 is 0. The van der Waals surface area contributed by atoms with E-state index in [9.17, 15) is 4.79 Å². The molecule has 5 nitrogen and oxygen atoms in total. The van der Waals surface area contributed by atoms with Crippen molar-refractivity contribution in [2.24, 2.45) is 0 Å². The number of hydrogen-bond donors (Lipinski definition) is 0. The number of fused-ring (bicyclic) bond motifs is 1. The van der Waals surface area contributed by atoms with E-state index in [1.54, 1.807) is 18.3 Å². The first-order valence-corrected chi connectivity index (χ1v) is 9.08. The SMILES string of the molecule is COc1ccc2oc(C(=O)N(Cc3ccccc3)Cc3ccco3)c(C)c2c1.